The molecule has 0 aromatic heterocycles. The Balaban J connectivity index is 1.75. The lowest BCUT2D eigenvalue weighted by molar-refractivity contribution is -0.384. The van der Waals surface area contributed by atoms with Gasteiger partial charge in [0.05, 0.1) is 11.5 Å². The molecule has 1 aliphatic heterocycles. The highest BCUT2D eigenvalue weighted by molar-refractivity contribution is 5.63. The normalized spacial score (nSPS) is 18.0. The number of anilines is 1. The Hall–Kier alpha value is -2.56. The molecule has 0 amide bonds. The van der Waals surface area contributed by atoms with Gasteiger partial charge in [0.15, 0.2) is 0 Å². The molecule has 2 aromatic rings. The van der Waals surface area contributed by atoms with Crippen LogP contribution in [0.3, 0.4) is 0 Å². The van der Waals surface area contributed by atoms with E-state index in [0.717, 1.165) is 25.1 Å². The molecule has 3 rings (SSSR count). The summed E-state index contributed by atoms with van der Waals surface area (Å²) in [5, 5.41) is 11.2. The fourth-order valence-corrected chi connectivity index (χ4v) is 2.83. The van der Waals surface area contributed by atoms with E-state index < -0.39 is 0 Å². The number of hydrogen-bond donors (Lipinski definition) is 0. The average Bonchev–Trinajstić information content (AvgIpc) is 2.56. The van der Waals surface area contributed by atoms with Crippen molar-refractivity contribution in [3.05, 3.63) is 64.7 Å². The molecule has 0 N–H and O–H groups in total. The first kappa shape index (κ1) is 14.4. The third-order valence-corrected chi connectivity index (χ3v) is 3.84. The molecule has 22 heavy (non-hydrogen) atoms. The minimum atomic E-state index is -0.322. The van der Waals surface area contributed by atoms with Gasteiger partial charge in [-0.3, -0.25) is 10.1 Å². The fraction of sp³-hybridized carbons (Fsp3) is 0.294. The smallest absolute Gasteiger partial charge is 0.292 e. The molecule has 0 bridgehead atoms. The van der Waals surface area contributed by atoms with Crippen LogP contribution in [0.5, 0.6) is 5.75 Å². The number of nitrogens with zero attached hydrogens (tertiary/aromatic N) is 2. The lowest BCUT2D eigenvalue weighted by Crippen LogP contribution is -2.41. The average molecular weight is 298 g/mol. The zero-order chi connectivity index (χ0) is 15.4. The first-order chi connectivity index (χ1) is 10.7. The highest BCUT2D eigenvalue weighted by atomic mass is 16.6. The van der Waals surface area contributed by atoms with Gasteiger partial charge in [-0.1, -0.05) is 30.3 Å². The van der Waals surface area contributed by atoms with Crippen molar-refractivity contribution in [3.8, 4) is 5.75 Å². The van der Waals surface area contributed by atoms with Crippen LogP contribution in [0.25, 0.3) is 0 Å². The molecule has 2 aromatic carbocycles. The Morgan fingerprint density at radius 1 is 1.09 bits per heavy atom. The van der Waals surface area contributed by atoms with Gasteiger partial charge in [0, 0.05) is 12.6 Å². The van der Waals surface area contributed by atoms with Crippen LogP contribution in [0.15, 0.2) is 54.6 Å². The quantitative estimate of drug-likeness (QED) is 0.638. The van der Waals surface area contributed by atoms with Crippen molar-refractivity contribution in [2.45, 2.75) is 18.9 Å². The summed E-state index contributed by atoms with van der Waals surface area (Å²) in [5.41, 5.74) is 0.830. The van der Waals surface area contributed by atoms with E-state index in [2.05, 4.69) is 4.90 Å². The zero-order valence-electron chi connectivity index (χ0n) is 12.2. The van der Waals surface area contributed by atoms with E-state index in [1.54, 1.807) is 12.1 Å². The largest absolute Gasteiger partial charge is 0.489 e. The Morgan fingerprint density at radius 2 is 1.82 bits per heavy atom. The Bertz CT molecular complexity index is 645. The Labute approximate surface area is 129 Å². The number of piperidine rings is 1. The summed E-state index contributed by atoms with van der Waals surface area (Å²) < 4.78 is 6.00. The van der Waals surface area contributed by atoms with Gasteiger partial charge in [0.25, 0.3) is 5.69 Å². The zero-order valence-corrected chi connectivity index (χ0v) is 12.2. The topological polar surface area (TPSA) is 55.6 Å². The van der Waals surface area contributed by atoms with Gasteiger partial charge < -0.3 is 9.64 Å². The Morgan fingerprint density at radius 3 is 2.59 bits per heavy atom. The molecule has 5 nitrogen and oxygen atoms in total. The van der Waals surface area contributed by atoms with Gasteiger partial charge in [0.1, 0.15) is 17.5 Å². The lowest BCUT2D eigenvalue weighted by Gasteiger charge is -2.34. The van der Waals surface area contributed by atoms with Gasteiger partial charge in [-0.05, 0) is 31.0 Å². The number of ether oxygens (including phenoxy) is 1. The van der Waals surface area contributed by atoms with E-state index in [1.807, 2.05) is 42.5 Å². The van der Waals surface area contributed by atoms with Crippen molar-refractivity contribution >= 4 is 11.4 Å². The molecule has 1 unspecified atom stereocenters. The maximum absolute atomic E-state index is 11.2. The number of para-hydroxylation sites is 3. The van der Waals surface area contributed by atoms with E-state index in [4.69, 9.17) is 4.74 Å². The molecular formula is C17H18N2O3. The highest BCUT2D eigenvalue weighted by Crippen LogP contribution is 2.30. The third-order valence-electron chi connectivity index (χ3n) is 3.84. The van der Waals surface area contributed by atoms with Crippen molar-refractivity contribution in [2.75, 3.05) is 18.0 Å². The summed E-state index contributed by atoms with van der Waals surface area (Å²) in [7, 11) is 0. The number of benzene rings is 2. The standard InChI is InChI=1S/C17H18N2O3/c20-19(21)17-11-5-4-10-16(17)18-12-6-9-15(13-18)22-14-7-2-1-3-8-14/h1-5,7-8,10-11,15H,6,9,12-13H2. The number of nitro benzene ring substituents is 1. The molecule has 1 saturated heterocycles. The number of hydrogen-bond acceptors (Lipinski definition) is 4. The van der Waals surface area contributed by atoms with Crippen LogP contribution in [0, 0.1) is 10.1 Å². The van der Waals surface area contributed by atoms with Gasteiger partial charge in [-0.15, -0.1) is 0 Å². The molecule has 1 aliphatic rings. The van der Waals surface area contributed by atoms with Gasteiger partial charge in [-0.2, -0.15) is 0 Å². The van der Waals surface area contributed by atoms with Crippen molar-refractivity contribution in [3.63, 3.8) is 0 Å². The van der Waals surface area contributed by atoms with Gasteiger partial charge in [0.2, 0.25) is 0 Å². The minimum Gasteiger partial charge on any atom is -0.489 e. The second-order valence-electron chi connectivity index (χ2n) is 5.39. The highest BCUT2D eigenvalue weighted by Gasteiger charge is 2.26. The van der Waals surface area contributed by atoms with Crippen LogP contribution in [0.2, 0.25) is 0 Å². The first-order valence-electron chi connectivity index (χ1n) is 7.44. The maximum atomic E-state index is 11.2. The fourth-order valence-electron chi connectivity index (χ4n) is 2.83. The predicted octanol–water partition coefficient (Wildman–Crippen LogP) is 3.64. The third kappa shape index (κ3) is 3.19. The van der Waals surface area contributed by atoms with Gasteiger partial charge in [-0.25, -0.2) is 0 Å². The molecule has 0 aliphatic carbocycles. The summed E-state index contributed by atoms with van der Waals surface area (Å²) >= 11 is 0. The van der Waals surface area contributed by atoms with Crippen LogP contribution in [-0.4, -0.2) is 24.1 Å². The summed E-state index contributed by atoms with van der Waals surface area (Å²) in [6.07, 6.45) is 1.98. The van der Waals surface area contributed by atoms with Crippen molar-refractivity contribution in [2.24, 2.45) is 0 Å². The predicted molar refractivity (Wildman–Crippen MR) is 85.4 cm³/mol. The van der Waals surface area contributed by atoms with E-state index in [-0.39, 0.29) is 16.7 Å². The lowest BCUT2D eigenvalue weighted by atomic mass is 10.1. The monoisotopic (exact) mass is 298 g/mol. The van der Waals surface area contributed by atoms with Crippen LogP contribution in [0.4, 0.5) is 11.4 Å². The maximum Gasteiger partial charge on any atom is 0.292 e. The second kappa shape index (κ2) is 6.47. The molecule has 0 saturated carbocycles. The van der Waals surface area contributed by atoms with Crippen LogP contribution < -0.4 is 9.64 Å². The minimum absolute atomic E-state index is 0.0518. The molecule has 1 fully saturated rings. The van der Waals surface area contributed by atoms with Gasteiger partial charge >= 0.3 is 0 Å². The summed E-state index contributed by atoms with van der Waals surface area (Å²) in [5.74, 6) is 0.844. The molecule has 0 spiro atoms. The SMILES string of the molecule is O=[N+]([O-])c1ccccc1N1CCCC(Oc2ccccc2)C1. The van der Waals surface area contributed by atoms with E-state index in [9.17, 15) is 10.1 Å². The van der Waals surface area contributed by atoms with Crippen molar-refractivity contribution in [1.29, 1.82) is 0 Å². The number of nitro groups is 1. The van der Waals surface area contributed by atoms with E-state index >= 15 is 0 Å². The summed E-state index contributed by atoms with van der Waals surface area (Å²) in [6.45, 7) is 1.49. The molecule has 5 heteroatoms. The summed E-state index contributed by atoms with van der Waals surface area (Å²) in [4.78, 5) is 12.9. The second-order valence-corrected chi connectivity index (χ2v) is 5.39. The van der Waals surface area contributed by atoms with E-state index in [0.29, 0.717) is 12.2 Å². The molecule has 1 atom stereocenters. The molecule has 114 valence electrons. The van der Waals surface area contributed by atoms with Crippen molar-refractivity contribution < 1.29 is 9.66 Å². The molecular weight excluding hydrogens is 280 g/mol. The van der Waals surface area contributed by atoms with Crippen LogP contribution in [-0.2, 0) is 0 Å². The van der Waals surface area contributed by atoms with E-state index in [1.165, 1.54) is 0 Å². The van der Waals surface area contributed by atoms with Crippen molar-refractivity contribution in [1.82, 2.24) is 0 Å². The first-order valence-corrected chi connectivity index (χ1v) is 7.44. The van der Waals surface area contributed by atoms with Crippen LogP contribution in [0.1, 0.15) is 12.8 Å². The molecule has 0 radical (unpaired) electrons. The molecule has 1 heterocycles. The number of rotatable bonds is 4. The summed E-state index contributed by atoms with van der Waals surface area (Å²) in [6, 6.07) is 16.6. The Kier molecular flexibility index (Phi) is 4.23. The van der Waals surface area contributed by atoms with Crippen LogP contribution >= 0.6 is 0 Å².